The van der Waals surface area contributed by atoms with Crippen LogP contribution in [0.4, 0.5) is 4.39 Å². The summed E-state index contributed by atoms with van der Waals surface area (Å²) in [5, 5.41) is 0. The molecule has 1 saturated heterocycles. The van der Waals surface area contributed by atoms with Crippen LogP contribution in [0.15, 0.2) is 22.7 Å². The monoisotopic (exact) mass is 274 g/mol. The molecular weight excluding hydrogens is 263 g/mol. The average Bonchev–Trinajstić information content (AvgIpc) is 2.72. The summed E-state index contributed by atoms with van der Waals surface area (Å²) in [6, 6.07) is 4.66. The van der Waals surface area contributed by atoms with Gasteiger partial charge in [-0.3, -0.25) is 0 Å². The summed E-state index contributed by atoms with van der Waals surface area (Å²) in [7, 11) is 0. The number of hydrogen-bond acceptors (Lipinski definition) is 2. The van der Waals surface area contributed by atoms with Crippen LogP contribution in [0.25, 0.3) is 0 Å². The van der Waals surface area contributed by atoms with Crippen molar-refractivity contribution in [1.82, 2.24) is 0 Å². The third-order valence-corrected chi connectivity index (χ3v) is 2.84. The minimum Gasteiger partial charge on any atom is -0.488 e. The third kappa shape index (κ3) is 2.92. The predicted octanol–water partition coefficient (Wildman–Crippen LogP) is 3.15. The van der Waals surface area contributed by atoms with Crippen LogP contribution in [0.2, 0.25) is 0 Å². The van der Waals surface area contributed by atoms with E-state index in [1.54, 1.807) is 12.1 Å². The quantitative estimate of drug-likeness (QED) is 0.843. The minimum atomic E-state index is -0.337. The summed E-state index contributed by atoms with van der Waals surface area (Å²) in [6.07, 6.45) is 2.17. The zero-order chi connectivity index (χ0) is 10.7. The normalized spacial score (nSPS) is 20.5. The molecule has 2 rings (SSSR count). The summed E-state index contributed by atoms with van der Waals surface area (Å²) in [6.45, 7) is 1.21. The Morgan fingerprint density at radius 1 is 1.53 bits per heavy atom. The zero-order valence-corrected chi connectivity index (χ0v) is 9.80. The first-order chi connectivity index (χ1) is 7.25. The van der Waals surface area contributed by atoms with E-state index in [4.69, 9.17) is 9.47 Å². The van der Waals surface area contributed by atoms with Crippen molar-refractivity contribution in [2.24, 2.45) is 0 Å². The fourth-order valence-corrected chi connectivity index (χ4v) is 1.89. The van der Waals surface area contributed by atoms with Crippen molar-refractivity contribution in [2.45, 2.75) is 18.9 Å². The molecule has 15 heavy (non-hydrogen) atoms. The highest BCUT2D eigenvalue weighted by Crippen LogP contribution is 2.23. The minimum absolute atomic E-state index is 0.114. The smallest absolute Gasteiger partial charge is 0.165 e. The SMILES string of the molecule is Fc1ccc(Br)cc1OCC1CCCO1. The van der Waals surface area contributed by atoms with Crippen molar-refractivity contribution in [3.8, 4) is 5.75 Å². The number of hydrogen-bond donors (Lipinski definition) is 0. The Labute approximate surface area is 96.5 Å². The molecule has 0 aliphatic carbocycles. The van der Waals surface area contributed by atoms with Gasteiger partial charge in [-0.2, -0.15) is 0 Å². The van der Waals surface area contributed by atoms with Gasteiger partial charge in [0.25, 0.3) is 0 Å². The molecule has 0 bridgehead atoms. The van der Waals surface area contributed by atoms with Crippen molar-refractivity contribution in [1.29, 1.82) is 0 Å². The summed E-state index contributed by atoms with van der Waals surface area (Å²) in [5.74, 6) is -0.0592. The van der Waals surface area contributed by atoms with E-state index < -0.39 is 0 Å². The summed E-state index contributed by atoms with van der Waals surface area (Å²) in [4.78, 5) is 0. The molecule has 1 fully saturated rings. The molecule has 0 radical (unpaired) electrons. The molecule has 0 spiro atoms. The molecule has 0 amide bonds. The van der Waals surface area contributed by atoms with E-state index in [1.807, 2.05) is 0 Å². The fourth-order valence-electron chi connectivity index (χ4n) is 1.55. The van der Waals surface area contributed by atoms with Gasteiger partial charge in [-0.1, -0.05) is 15.9 Å². The second-order valence-corrected chi connectivity index (χ2v) is 4.44. The van der Waals surface area contributed by atoms with Gasteiger partial charge < -0.3 is 9.47 Å². The lowest BCUT2D eigenvalue weighted by molar-refractivity contribution is 0.0665. The van der Waals surface area contributed by atoms with Gasteiger partial charge in [0, 0.05) is 11.1 Å². The molecule has 1 aromatic carbocycles. The van der Waals surface area contributed by atoms with Gasteiger partial charge in [-0.05, 0) is 31.0 Å². The predicted molar refractivity (Wildman–Crippen MR) is 58.6 cm³/mol. The van der Waals surface area contributed by atoms with E-state index in [-0.39, 0.29) is 17.7 Å². The van der Waals surface area contributed by atoms with Crippen LogP contribution in [-0.2, 0) is 4.74 Å². The Hall–Kier alpha value is -0.610. The Kier molecular flexibility index (Phi) is 3.59. The Morgan fingerprint density at radius 3 is 3.13 bits per heavy atom. The molecule has 4 heteroatoms. The van der Waals surface area contributed by atoms with Crippen molar-refractivity contribution < 1.29 is 13.9 Å². The second kappa shape index (κ2) is 4.94. The van der Waals surface area contributed by atoms with E-state index >= 15 is 0 Å². The molecular formula is C11H12BrFO2. The van der Waals surface area contributed by atoms with Gasteiger partial charge in [0.1, 0.15) is 6.61 Å². The highest BCUT2D eigenvalue weighted by Gasteiger charge is 2.16. The maximum absolute atomic E-state index is 13.3. The third-order valence-electron chi connectivity index (χ3n) is 2.34. The Morgan fingerprint density at radius 2 is 2.40 bits per heavy atom. The molecule has 0 aromatic heterocycles. The van der Waals surface area contributed by atoms with Crippen LogP contribution >= 0.6 is 15.9 Å². The van der Waals surface area contributed by atoms with Gasteiger partial charge in [0.15, 0.2) is 11.6 Å². The molecule has 1 atom stereocenters. The van der Waals surface area contributed by atoms with E-state index in [9.17, 15) is 4.39 Å². The average molecular weight is 275 g/mol. The first-order valence-electron chi connectivity index (χ1n) is 4.95. The number of benzene rings is 1. The summed E-state index contributed by atoms with van der Waals surface area (Å²) >= 11 is 3.27. The van der Waals surface area contributed by atoms with Crippen molar-refractivity contribution in [3.05, 3.63) is 28.5 Å². The van der Waals surface area contributed by atoms with Crippen LogP contribution in [-0.4, -0.2) is 19.3 Å². The fraction of sp³-hybridized carbons (Fsp3) is 0.455. The van der Waals surface area contributed by atoms with Crippen molar-refractivity contribution in [3.63, 3.8) is 0 Å². The summed E-state index contributed by atoms with van der Waals surface area (Å²) < 4.78 is 24.8. The Balaban J connectivity index is 1.94. The van der Waals surface area contributed by atoms with E-state index in [1.165, 1.54) is 6.07 Å². The first kappa shape index (κ1) is 10.9. The first-order valence-corrected chi connectivity index (χ1v) is 5.74. The van der Waals surface area contributed by atoms with Crippen molar-refractivity contribution in [2.75, 3.05) is 13.2 Å². The topological polar surface area (TPSA) is 18.5 Å². The van der Waals surface area contributed by atoms with Gasteiger partial charge in [-0.15, -0.1) is 0 Å². The lowest BCUT2D eigenvalue weighted by Crippen LogP contribution is -2.16. The van der Waals surface area contributed by atoms with Gasteiger partial charge in [0.2, 0.25) is 0 Å². The van der Waals surface area contributed by atoms with Gasteiger partial charge in [-0.25, -0.2) is 4.39 Å². The van der Waals surface area contributed by atoms with Crippen LogP contribution < -0.4 is 4.74 Å². The second-order valence-electron chi connectivity index (χ2n) is 3.52. The number of rotatable bonds is 3. The molecule has 2 nitrogen and oxygen atoms in total. The molecule has 1 heterocycles. The van der Waals surface area contributed by atoms with E-state index in [0.717, 1.165) is 23.9 Å². The molecule has 0 N–H and O–H groups in total. The standard InChI is InChI=1S/C11H12BrFO2/c12-8-3-4-10(13)11(6-8)15-7-9-2-1-5-14-9/h3-4,6,9H,1-2,5,7H2. The van der Waals surface area contributed by atoms with Gasteiger partial charge in [0.05, 0.1) is 6.10 Å². The van der Waals surface area contributed by atoms with E-state index in [2.05, 4.69) is 15.9 Å². The number of ether oxygens (including phenoxy) is 2. The largest absolute Gasteiger partial charge is 0.488 e. The maximum Gasteiger partial charge on any atom is 0.165 e. The molecule has 1 unspecified atom stereocenters. The molecule has 1 aromatic rings. The van der Waals surface area contributed by atoms with E-state index in [0.29, 0.717) is 6.61 Å². The Bertz CT molecular complexity index is 337. The maximum atomic E-state index is 13.3. The zero-order valence-electron chi connectivity index (χ0n) is 8.21. The van der Waals surface area contributed by atoms with Crippen LogP contribution in [0, 0.1) is 5.82 Å². The molecule has 1 aliphatic rings. The highest BCUT2D eigenvalue weighted by atomic mass is 79.9. The van der Waals surface area contributed by atoms with Crippen LogP contribution in [0.3, 0.4) is 0 Å². The van der Waals surface area contributed by atoms with Crippen LogP contribution in [0.1, 0.15) is 12.8 Å². The lowest BCUT2D eigenvalue weighted by atomic mass is 10.2. The van der Waals surface area contributed by atoms with Crippen LogP contribution in [0.5, 0.6) is 5.75 Å². The molecule has 82 valence electrons. The highest BCUT2D eigenvalue weighted by molar-refractivity contribution is 9.10. The van der Waals surface area contributed by atoms with Gasteiger partial charge >= 0.3 is 0 Å². The molecule has 0 saturated carbocycles. The molecule has 1 aliphatic heterocycles. The van der Waals surface area contributed by atoms with Crippen molar-refractivity contribution >= 4 is 15.9 Å². The lowest BCUT2D eigenvalue weighted by Gasteiger charge is -2.12. The number of halogens is 2. The summed E-state index contributed by atoms with van der Waals surface area (Å²) in [5.41, 5.74) is 0.